The fraction of sp³-hybridized carbons (Fsp3) is 0.909. The summed E-state index contributed by atoms with van der Waals surface area (Å²) in [6, 6.07) is 0.519. The van der Waals surface area contributed by atoms with Crippen molar-refractivity contribution < 1.29 is 9.53 Å². The van der Waals surface area contributed by atoms with Gasteiger partial charge in [-0.3, -0.25) is 14.7 Å². The quantitative estimate of drug-likeness (QED) is 0.342. The number of amides is 1. The molecule has 1 N–H and O–H groups in total. The SMILES string of the molecule is CN=C(NC1C2CCOC2C12CCCC2)N1CCN(CC(=O)N2CCCC2)CC1.I. The Labute approximate surface area is 198 Å². The molecule has 30 heavy (non-hydrogen) atoms. The molecule has 0 aromatic rings. The molecular weight excluding hydrogens is 493 g/mol. The van der Waals surface area contributed by atoms with Crippen molar-refractivity contribution in [3.63, 3.8) is 0 Å². The maximum Gasteiger partial charge on any atom is 0.236 e. The predicted molar refractivity (Wildman–Crippen MR) is 128 cm³/mol. The Bertz CT molecular complexity index is 639. The van der Waals surface area contributed by atoms with Crippen molar-refractivity contribution in [1.82, 2.24) is 20.0 Å². The highest BCUT2D eigenvalue weighted by atomic mass is 127. The molecule has 3 unspecified atom stereocenters. The maximum atomic E-state index is 12.4. The molecule has 0 bridgehead atoms. The maximum absolute atomic E-state index is 12.4. The highest BCUT2D eigenvalue weighted by molar-refractivity contribution is 14.0. The van der Waals surface area contributed by atoms with Crippen LogP contribution in [0.4, 0.5) is 0 Å². The van der Waals surface area contributed by atoms with E-state index in [0.717, 1.165) is 64.7 Å². The van der Waals surface area contributed by atoms with Gasteiger partial charge in [-0.25, -0.2) is 0 Å². The van der Waals surface area contributed by atoms with Gasteiger partial charge >= 0.3 is 0 Å². The van der Waals surface area contributed by atoms with Gasteiger partial charge in [-0.2, -0.15) is 0 Å². The standard InChI is InChI=1S/C22H37N5O2.HI/c1-23-21(24-19-17-6-15-29-20(17)22(19)7-2-3-8-22)27-13-11-25(12-14-27)16-18(28)26-9-4-5-10-26;/h17,19-20H,2-16H2,1H3,(H,23,24);1H. The van der Waals surface area contributed by atoms with Crippen molar-refractivity contribution in [1.29, 1.82) is 0 Å². The first kappa shape index (κ1) is 22.6. The van der Waals surface area contributed by atoms with E-state index < -0.39 is 0 Å². The van der Waals surface area contributed by atoms with Gasteiger partial charge in [-0.05, 0) is 32.1 Å². The van der Waals surface area contributed by atoms with Crippen LogP contribution in [-0.4, -0.2) is 98.2 Å². The van der Waals surface area contributed by atoms with Crippen LogP contribution in [0.3, 0.4) is 0 Å². The predicted octanol–water partition coefficient (Wildman–Crippen LogP) is 1.77. The number of carbonyl (C=O) groups is 1. The summed E-state index contributed by atoms with van der Waals surface area (Å²) in [5, 5.41) is 3.88. The minimum Gasteiger partial charge on any atom is -0.377 e. The topological polar surface area (TPSA) is 60.4 Å². The van der Waals surface area contributed by atoms with E-state index in [2.05, 4.69) is 20.1 Å². The molecule has 2 aliphatic carbocycles. The zero-order valence-electron chi connectivity index (χ0n) is 18.4. The van der Waals surface area contributed by atoms with E-state index in [1.807, 2.05) is 11.9 Å². The number of aliphatic imine (C=N–C) groups is 1. The number of carbonyl (C=O) groups excluding carboxylic acids is 1. The van der Waals surface area contributed by atoms with Crippen LogP contribution in [-0.2, 0) is 9.53 Å². The first-order valence-electron chi connectivity index (χ1n) is 11.8. The van der Waals surface area contributed by atoms with E-state index in [9.17, 15) is 4.79 Å². The third-order valence-electron chi connectivity index (χ3n) is 8.27. The molecule has 0 aromatic carbocycles. The normalized spacial score (nSPS) is 33.4. The zero-order chi connectivity index (χ0) is 19.8. The van der Waals surface area contributed by atoms with E-state index >= 15 is 0 Å². The molecule has 1 amide bonds. The van der Waals surface area contributed by atoms with Gasteiger partial charge in [-0.1, -0.05) is 12.8 Å². The molecule has 170 valence electrons. The van der Waals surface area contributed by atoms with Crippen LogP contribution in [0.5, 0.6) is 0 Å². The highest BCUT2D eigenvalue weighted by Gasteiger charge is 2.65. The Balaban J connectivity index is 0.00000218. The van der Waals surface area contributed by atoms with Gasteiger partial charge in [0.2, 0.25) is 5.91 Å². The summed E-state index contributed by atoms with van der Waals surface area (Å²) >= 11 is 0. The fourth-order valence-corrected chi connectivity index (χ4v) is 6.72. The molecule has 0 aromatic heterocycles. The molecule has 7 nitrogen and oxygen atoms in total. The molecule has 1 spiro atoms. The van der Waals surface area contributed by atoms with Crippen LogP contribution in [0.2, 0.25) is 0 Å². The Morgan fingerprint density at radius 2 is 1.73 bits per heavy atom. The molecule has 5 fully saturated rings. The number of hydrogen-bond donors (Lipinski definition) is 1. The van der Waals surface area contributed by atoms with Crippen LogP contribution in [0.25, 0.3) is 0 Å². The summed E-state index contributed by atoms with van der Waals surface area (Å²) in [7, 11) is 1.91. The van der Waals surface area contributed by atoms with Crippen LogP contribution < -0.4 is 5.32 Å². The van der Waals surface area contributed by atoms with E-state index in [-0.39, 0.29) is 24.0 Å². The second-order valence-corrected chi connectivity index (χ2v) is 9.70. The third kappa shape index (κ3) is 3.96. The third-order valence-corrected chi connectivity index (χ3v) is 8.27. The lowest BCUT2D eigenvalue weighted by Crippen LogP contribution is -2.70. The van der Waals surface area contributed by atoms with Gasteiger partial charge in [0, 0.05) is 70.3 Å². The number of rotatable bonds is 3. The van der Waals surface area contributed by atoms with Crippen molar-refractivity contribution in [3.8, 4) is 0 Å². The summed E-state index contributed by atoms with van der Waals surface area (Å²) in [6.45, 7) is 7.16. The second-order valence-electron chi connectivity index (χ2n) is 9.70. The van der Waals surface area contributed by atoms with Gasteiger partial charge in [0.05, 0.1) is 12.6 Å². The largest absolute Gasteiger partial charge is 0.377 e. The molecule has 0 radical (unpaired) electrons. The summed E-state index contributed by atoms with van der Waals surface area (Å²) in [5.74, 6) is 2.02. The van der Waals surface area contributed by atoms with Gasteiger partial charge in [0.25, 0.3) is 0 Å². The summed E-state index contributed by atoms with van der Waals surface area (Å²) in [5.41, 5.74) is 0.348. The van der Waals surface area contributed by atoms with Crippen LogP contribution >= 0.6 is 24.0 Å². The number of hydrogen-bond acceptors (Lipinski definition) is 4. The van der Waals surface area contributed by atoms with Crippen molar-refractivity contribution in [2.24, 2.45) is 16.3 Å². The van der Waals surface area contributed by atoms with Gasteiger partial charge in [-0.15, -0.1) is 24.0 Å². The number of nitrogens with zero attached hydrogens (tertiary/aromatic N) is 4. The zero-order valence-corrected chi connectivity index (χ0v) is 20.7. The minimum atomic E-state index is 0. The average molecular weight is 531 g/mol. The van der Waals surface area contributed by atoms with Gasteiger partial charge < -0.3 is 19.9 Å². The number of fused-ring (bicyclic) bond motifs is 2. The smallest absolute Gasteiger partial charge is 0.236 e. The highest BCUT2D eigenvalue weighted by Crippen LogP contribution is 2.60. The summed E-state index contributed by atoms with van der Waals surface area (Å²) < 4.78 is 6.14. The monoisotopic (exact) mass is 531 g/mol. The van der Waals surface area contributed by atoms with Crippen LogP contribution in [0, 0.1) is 11.3 Å². The first-order chi connectivity index (χ1) is 14.2. The number of halogens is 1. The van der Waals surface area contributed by atoms with Crippen LogP contribution in [0.1, 0.15) is 44.9 Å². The van der Waals surface area contributed by atoms with Crippen molar-refractivity contribution in [2.45, 2.75) is 57.1 Å². The number of piperazine rings is 1. The molecule has 5 rings (SSSR count). The van der Waals surface area contributed by atoms with Crippen LogP contribution in [0.15, 0.2) is 4.99 Å². The molecule has 8 heteroatoms. The van der Waals surface area contributed by atoms with E-state index in [4.69, 9.17) is 4.74 Å². The van der Waals surface area contributed by atoms with Gasteiger partial charge in [0.15, 0.2) is 5.96 Å². The number of ether oxygens (including phenoxy) is 1. The Kier molecular flexibility index (Phi) is 7.14. The fourth-order valence-electron chi connectivity index (χ4n) is 6.72. The molecule has 3 saturated heterocycles. The average Bonchev–Trinajstić information content (AvgIpc) is 3.49. The molecule has 3 heterocycles. The Morgan fingerprint density at radius 3 is 2.40 bits per heavy atom. The molecule has 3 atom stereocenters. The van der Waals surface area contributed by atoms with E-state index in [1.54, 1.807) is 0 Å². The number of guanidine groups is 1. The van der Waals surface area contributed by atoms with E-state index in [1.165, 1.54) is 32.1 Å². The van der Waals surface area contributed by atoms with E-state index in [0.29, 0.717) is 35.9 Å². The Hall–Kier alpha value is -0.610. The molecular formula is C22H38IN5O2. The second kappa shape index (κ2) is 9.48. The minimum absolute atomic E-state index is 0. The van der Waals surface area contributed by atoms with Crippen molar-refractivity contribution in [3.05, 3.63) is 0 Å². The lowest BCUT2D eigenvalue weighted by atomic mass is 9.54. The van der Waals surface area contributed by atoms with Crippen molar-refractivity contribution in [2.75, 3.05) is 59.5 Å². The molecule has 2 saturated carbocycles. The first-order valence-corrected chi connectivity index (χ1v) is 11.8. The molecule has 5 aliphatic rings. The number of likely N-dealkylation sites (tertiary alicyclic amines) is 1. The summed E-state index contributed by atoms with van der Waals surface area (Å²) in [4.78, 5) is 23.8. The number of nitrogens with one attached hydrogen (secondary N) is 1. The molecule has 3 aliphatic heterocycles. The Morgan fingerprint density at radius 1 is 1.03 bits per heavy atom. The lowest BCUT2D eigenvalue weighted by molar-refractivity contribution is -0.131. The summed E-state index contributed by atoms with van der Waals surface area (Å²) in [6.07, 6.45) is 9.28. The van der Waals surface area contributed by atoms with Gasteiger partial charge in [0.1, 0.15) is 0 Å². The lowest BCUT2D eigenvalue weighted by Gasteiger charge is -2.57. The van der Waals surface area contributed by atoms with Crippen molar-refractivity contribution >= 4 is 35.8 Å².